The molecule has 0 aromatic heterocycles. The molecule has 8 nitrogen and oxygen atoms in total. The fourth-order valence-corrected chi connectivity index (χ4v) is 6.52. The van der Waals surface area contributed by atoms with E-state index in [1.807, 2.05) is 37.7 Å². The molecular weight excluding hydrogens is 628 g/mol. The molecule has 2 fully saturated rings. The van der Waals surface area contributed by atoms with Crippen LogP contribution in [0, 0.1) is 0 Å². The fourth-order valence-electron chi connectivity index (χ4n) is 4.84. The van der Waals surface area contributed by atoms with E-state index in [9.17, 15) is 20.4 Å². The summed E-state index contributed by atoms with van der Waals surface area (Å²) in [6.07, 6.45) is 5.39. The molecule has 212 valence electrons. The molecule has 0 bridgehead atoms. The molecule has 37 heavy (non-hydrogen) atoms. The van der Waals surface area contributed by atoms with Gasteiger partial charge < -0.3 is 31.4 Å². The topological polar surface area (TPSA) is 150 Å². The predicted molar refractivity (Wildman–Crippen MR) is 161 cm³/mol. The molecule has 2 heterocycles. The van der Waals surface area contributed by atoms with Gasteiger partial charge in [-0.25, -0.2) is 0 Å². The summed E-state index contributed by atoms with van der Waals surface area (Å²) >= 11 is 1.97. The van der Waals surface area contributed by atoms with Crippen LogP contribution >= 0.6 is 45.7 Å². The number of hydrogen-bond donors (Lipinski definition) is 4. The van der Waals surface area contributed by atoms with Crippen molar-refractivity contribution in [1.29, 1.82) is 0 Å². The number of nitrogens with zero attached hydrogens (tertiary/aromatic N) is 2. The standard InChI is InChI=1S/C26H36N2O4S.2BrH.2H2O/c1-3-19-17(7-9-21(29)25(19)31)15-23(27-11-5-12-27)33-24(28-13-6-14-28)16-18-8-10-22(30)26(32)20(18)4-2;;;;/h7-10,23-24,29-32H,3-6,11-16H2,1-2H3;2*1H;2*1H2. The van der Waals surface area contributed by atoms with Crippen molar-refractivity contribution >= 4 is 45.7 Å². The number of likely N-dealkylation sites (tertiary alicyclic amines) is 2. The Morgan fingerprint density at radius 2 is 1.03 bits per heavy atom. The Kier molecular flexibility index (Phi) is 15.5. The maximum absolute atomic E-state index is 10.4. The number of phenols is 4. The first-order valence-corrected chi connectivity index (χ1v) is 13.1. The van der Waals surface area contributed by atoms with Crippen LogP contribution in [0.25, 0.3) is 0 Å². The van der Waals surface area contributed by atoms with E-state index in [1.165, 1.54) is 12.8 Å². The van der Waals surface area contributed by atoms with Crippen molar-refractivity contribution in [1.82, 2.24) is 9.80 Å². The summed E-state index contributed by atoms with van der Waals surface area (Å²) < 4.78 is 0. The van der Waals surface area contributed by atoms with E-state index < -0.39 is 0 Å². The van der Waals surface area contributed by atoms with Gasteiger partial charge in [0.05, 0.1) is 10.7 Å². The van der Waals surface area contributed by atoms with Gasteiger partial charge in [0, 0.05) is 37.3 Å². The van der Waals surface area contributed by atoms with Gasteiger partial charge in [-0.1, -0.05) is 26.0 Å². The number of thioether (sulfide) groups is 1. The number of halogens is 2. The van der Waals surface area contributed by atoms with E-state index in [0.29, 0.717) is 12.8 Å². The molecule has 0 aliphatic carbocycles. The number of hydrogen-bond acceptors (Lipinski definition) is 7. The highest BCUT2D eigenvalue weighted by molar-refractivity contribution is 8.93. The zero-order valence-electron chi connectivity index (χ0n) is 21.4. The fraction of sp³-hybridized carbons (Fsp3) is 0.538. The lowest BCUT2D eigenvalue weighted by Gasteiger charge is -2.44. The van der Waals surface area contributed by atoms with Crippen molar-refractivity contribution in [2.24, 2.45) is 0 Å². The van der Waals surface area contributed by atoms with E-state index in [0.717, 1.165) is 61.3 Å². The zero-order chi connectivity index (χ0) is 23.5. The van der Waals surface area contributed by atoms with E-state index >= 15 is 0 Å². The van der Waals surface area contributed by atoms with Crippen molar-refractivity contribution in [3.05, 3.63) is 46.5 Å². The summed E-state index contributed by atoms with van der Waals surface area (Å²) in [5.41, 5.74) is 3.85. The first-order chi connectivity index (χ1) is 15.9. The molecule has 2 aliphatic rings. The normalized spacial score (nSPS) is 16.5. The minimum Gasteiger partial charge on any atom is -0.504 e. The molecule has 2 aliphatic heterocycles. The minimum absolute atomic E-state index is 0. The highest BCUT2D eigenvalue weighted by Gasteiger charge is 2.33. The highest BCUT2D eigenvalue weighted by Crippen LogP contribution is 2.39. The Balaban J connectivity index is 0.00000324. The van der Waals surface area contributed by atoms with E-state index in [-0.39, 0.29) is 78.7 Å². The van der Waals surface area contributed by atoms with Crippen molar-refractivity contribution < 1.29 is 31.4 Å². The second-order valence-electron chi connectivity index (χ2n) is 9.08. The molecule has 8 N–H and O–H groups in total. The quantitative estimate of drug-likeness (QED) is 0.282. The Morgan fingerprint density at radius 3 is 1.30 bits per heavy atom. The van der Waals surface area contributed by atoms with Crippen LogP contribution < -0.4 is 0 Å². The van der Waals surface area contributed by atoms with Crippen LogP contribution in [0.4, 0.5) is 0 Å². The number of rotatable bonds is 10. The van der Waals surface area contributed by atoms with Crippen molar-refractivity contribution in [3.63, 3.8) is 0 Å². The van der Waals surface area contributed by atoms with E-state index in [4.69, 9.17) is 0 Å². The third kappa shape index (κ3) is 7.90. The molecule has 4 rings (SSSR count). The highest BCUT2D eigenvalue weighted by atomic mass is 79.9. The van der Waals surface area contributed by atoms with Gasteiger partial charge in [0.2, 0.25) is 0 Å². The van der Waals surface area contributed by atoms with Crippen LogP contribution in [-0.4, -0.2) is 78.1 Å². The molecule has 0 saturated carbocycles. The SMILES string of the molecule is Br.Br.CCc1c(CC(SC(Cc2ccc(O)c(O)c2CC)N2CCC2)N2CCC2)ccc(O)c1O.O.O. The monoisotopic (exact) mass is 668 g/mol. The molecule has 2 unspecified atom stereocenters. The van der Waals surface area contributed by atoms with E-state index in [2.05, 4.69) is 9.80 Å². The van der Waals surface area contributed by atoms with Crippen molar-refractivity contribution in [2.75, 3.05) is 26.2 Å². The summed E-state index contributed by atoms with van der Waals surface area (Å²) in [7, 11) is 0. The predicted octanol–water partition coefficient (Wildman–Crippen LogP) is 3.72. The number of benzene rings is 2. The molecule has 11 heteroatoms. The Morgan fingerprint density at radius 1 is 0.676 bits per heavy atom. The van der Waals surface area contributed by atoms with Crippen LogP contribution in [0.15, 0.2) is 24.3 Å². The molecule has 0 spiro atoms. The van der Waals surface area contributed by atoms with Crippen LogP contribution in [0.1, 0.15) is 48.9 Å². The van der Waals surface area contributed by atoms with Crippen molar-refractivity contribution in [3.8, 4) is 23.0 Å². The third-order valence-corrected chi connectivity index (χ3v) is 8.68. The van der Waals surface area contributed by atoms with Gasteiger partial charge in [-0.15, -0.1) is 45.7 Å². The lowest BCUT2D eigenvalue weighted by Crippen LogP contribution is -2.50. The summed E-state index contributed by atoms with van der Waals surface area (Å²) in [5, 5.41) is 41.3. The first-order valence-electron chi connectivity index (χ1n) is 12.1. The van der Waals surface area contributed by atoms with Crippen LogP contribution in [0.3, 0.4) is 0 Å². The lowest BCUT2D eigenvalue weighted by molar-refractivity contribution is 0.149. The summed E-state index contributed by atoms with van der Waals surface area (Å²) in [5.74, 6) is -0.0921. The number of phenolic OH excluding ortho intramolecular Hbond substituents is 4. The maximum atomic E-state index is 10.4. The average molecular weight is 671 g/mol. The van der Waals surface area contributed by atoms with Crippen LogP contribution in [0.5, 0.6) is 23.0 Å². The van der Waals surface area contributed by atoms with E-state index in [1.54, 1.807) is 12.1 Å². The number of aromatic hydroxyl groups is 4. The Labute approximate surface area is 244 Å². The molecule has 2 atom stereocenters. The molecule has 2 aromatic rings. The largest absolute Gasteiger partial charge is 0.504 e. The second-order valence-corrected chi connectivity index (χ2v) is 10.4. The first kappa shape index (κ1) is 35.8. The van der Waals surface area contributed by atoms with Gasteiger partial charge >= 0.3 is 0 Å². The zero-order valence-corrected chi connectivity index (χ0v) is 25.7. The van der Waals surface area contributed by atoms with Crippen LogP contribution in [-0.2, 0) is 25.7 Å². The van der Waals surface area contributed by atoms with Gasteiger partial charge in [-0.05, 0) is 61.8 Å². The summed E-state index contributed by atoms with van der Waals surface area (Å²) in [6.45, 7) is 8.34. The van der Waals surface area contributed by atoms with Gasteiger partial charge in [0.25, 0.3) is 0 Å². The Hall–Kier alpha value is -1.21. The van der Waals surface area contributed by atoms with Gasteiger partial charge in [-0.3, -0.25) is 9.80 Å². The summed E-state index contributed by atoms with van der Waals surface area (Å²) in [4.78, 5) is 5.02. The van der Waals surface area contributed by atoms with Crippen LogP contribution in [0.2, 0.25) is 0 Å². The lowest BCUT2D eigenvalue weighted by atomic mass is 9.99. The molecule has 2 saturated heterocycles. The molecular formula is C26H42Br2N2O6S. The molecule has 0 amide bonds. The average Bonchev–Trinajstić information content (AvgIpc) is 2.71. The maximum Gasteiger partial charge on any atom is 0.160 e. The minimum atomic E-state index is -0.0542. The third-order valence-electron chi connectivity index (χ3n) is 7.12. The Bertz CT molecular complexity index is 915. The van der Waals surface area contributed by atoms with Gasteiger partial charge in [0.1, 0.15) is 0 Å². The second kappa shape index (κ2) is 16.0. The summed E-state index contributed by atoms with van der Waals surface area (Å²) in [6, 6.07) is 7.10. The smallest absolute Gasteiger partial charge is 0.160 e. The van der Waals surface area contributed by atoms with Crippen molar-refractivity contribution in [2.45, 2.75) is 63.1 Å². The molecule has 2 aromatic carbocycles. The molecule has 0 radical (unpaired) electrons. The van der Waals surface area contributed by atoms with Gasteiger partial charge in [0.15, 0.2) is 23.0 Å². The van der Waals surface area contributed by atoms with Gasteiger partial charge in [-0.2, -0.15) is 0 Å².